The van der Waals surface area contributed by atoms with Gasteiger partial charge in [-0.05, 0) is 29.5 Å². The molecule has 0 heterocycles. The van der Waals surface area contributed by atoms with Crippen LogP contribution in [-0.2, 0) is 6.42 Å². The molecule has 0 nitrogen and oxygen atoms in total. The lowest BCUT2D eigenvalue weighted by Gasteiger charge is -2.13. The fraction of sp³-hybridized carbons (Fsp3) is 0.167. The summed E-state index contributed by atoms with van der Waals surface area (Å²) in [5.41, 5.74) is 4.00. The van der Waals surface area contributed by atoms with E-state index in [1.54, 1.807) is 6.08 Å². The smallest absolute Gasteiger partial charge is 0.0222 e. The Labute approximate surface area is 73.2 Å². The van der Waals surface area contributed by atoms with E-state index in [1.165, 1.54) is 16.7 Å². The third kappa shape index (κ3) is 1.20. The Hall–Kier alpha value is -1.30. The highest BCUT2D eigenvalue weighted by molar-refractivity contribution is 5.61. The minimum absolute atomic E-state index is 1.08. The van der Waals surface area contributed by atoms with Crippen LogP contribution >= 0.6 is 0 Å². The van der Waals surface area contributed by atoms with Crippen LogP contribution in [0.15, 0.2) is 35.9 Å². The Morgan fingerprint density at radius 3 is 2.83 bits per heavy atom. The summed E-state index contributed by atoms with van der Waals surface area (Å²) < 4.78 is 0. The number of hydrogen-bond donors (Lipinski definition) is 0. The van der Waals surface area contributed by atoms with Gasteiger partial charge in [-0.1, -0.05) is 43.0 Å². The molecule has 0 aliphatic heterocycles. The van der Waals surface area contributed by atoms with Crippen LogP contribution in [0.4, 0.5) is 0 Å². The molecule has 1 aliphatic rings. The van der Waals surface area contributed by atoms with E-state index in [2.05, 4.69) is 30.3 Å². The van der Waals surface area contributed by atoms with E-state index >= 15 is 0 Å². The van der Waals surface area contributed by atoms with Crippen LogP contribution < -0.4 is 0 Å². The van der Waals surface area contributed by atoms with Gasteiger partial charge in [0.1, 0.15) is 0 Å². The van der Waals surface area contributed by atoms with Crippen molar-refractivity contribution < 1.29 is 0 Å². The third-order valence-electron chi connectivity index (χ3n) is 2.29. The molecule has 0 unspecified atom stereocenters. The zero-order valence-corrected chi connectivity index (χ0v) is 6.96. The predicted octanol–water partition coefficient (Wildman–Crippen LogP) is 3.01. The molecule has 1 aromatic rings. The first-order chi connectivity index (χ1) is 5.90. The molecular formula is C12H11. The Morgan fingerprint density at radius 2 is 2.00 bits per heavy atom. The molecule has 0 saturated carbocycles. The number of allylic oxidation sites excluding steroid dienone is 2. The van der Waals surface area contributed by atoms with Crippen molar-refractivity contribution in [1.82, 2.24) is 0 Å². The van der Waals surface area contributed by atoms with E-state index in [9.17, 15) is 0 Å². The molecule has 0 bridgehead atoms. The highest BCUT2D eigenvalue weighted by Gasteiger charge is 2.06. The van der Waals surface area contributed by atoms with Crippen molar-refractivity contribution in [2.45, 2.75) is 12.8 Å². The first kappa shape index (κ1) is 7.35. The number of hydrogen-bond acceptors (Lipinski definition) is 0. The van der Waals surface area contributed by atoms with Crippen LogP contribution in [-0.4, -0.2) is 0 Å². The summed E-state index contributed by atoms with van der Waals surface area (Å²) in [6.45, 7) is 5.47. The molecule has 1 aromatic carbocycles. The van der Waals surface area contributed by atoms with Crippen molar-refractivity contribution in [3.63, 3.8) is 0 Å². The van der Waals surface area contributed by atoms with Gasteiger partial charge in [0.05, 0.1) is 0 Å². The van der Waals surface area contributed by atoms with Crippen molar-refractivity contribution in [2.24, 2.45) is 0 Å². The van der Waals surface area contributed by atoms with Gasteiger partial charge in [0.15, 0.2) is 0 Å². The summed E-state index contributed by atoms with van der Waals surface area (Å²) in [6, 6.07) is 8.47. The highest BCUT2D eigenvalue weighted by Crippen LogP contribution is 2.23. The van der Waals surface area contributed by atoms with Crippen molar-refractivity contribution >= 4 is 6.08 Å². The topological polar surface area (TPSA) is 0 Å². The van der Waals surface area contributed by atoms with Gasteiger partial charge in [-0.3, -0.25) is 0 Å². The first-order valence-electron chi connectivity index (χ1n) is 4.23. The zero-order chi connectivity index (χ0) is 8.39. The van der Waals surface area contributed by atoms with Gasteiger partial charge >= 0.3 is 0 Å². The maximum atomic E-state index is 5.47. The molecule has 1 radical (unpaired) electrons. The second-order valence-corrected chi connectivity index (χ2v) is 3.08. The van der Waals surface area contributed by atoms with E-state index in [0.29, 0.717) is 0 Å². The zero-order valence-electron chi connectivity index (χ0n) is 6.96. The lowest BCUT2D eigenvalue weighted by atomic mass is 9.92. The Morgan fingerprint density at radius 1 is 1.17 bits per heavy atom. The minimum Gasteiger partial charge on any atom is -0.0620 e. The fourth-order valence-electron chi connectivity index (χ4n) is 1.59. The van der Waals surface area contributed by atoms with Gasteiger partial charge in [0.25, 0.3) is 0 Å². The number of aryl methyl sites for hydroxylation is 1. The molecule has 12 heavy (non-hydrogen) atoms. The lowest BCUT2D eigenvalue weighted by molar-refractivity contribution is 0.950. The normalized spacial score (nSPS) is 14.8. The monoisotopic (exact) mass is 155 g/mol. The lowest BCUT2D eigenvalue weighted by Crippen LogP contribution is -1.96. The van der Waals surface area contributed by atoms with Crippen molar-refractivity contribution in [3.05, 3.63) is 53.6 Å². The summed E-state index contributed by atoms with van der Waals surface area (Å²) in [5, 5.41) is 0. The fourth-order valence-corrected chi connectivity index (χ4v) is 1.59. The standard InChI is InChI=1S/C12H11/c1-2-10-7-8-11-5-3-4-6-12(11)9-10/h1-6,9H,7-8H2. The van der Waals surface area contributed by atoms with Gasteiger partial charge in [-0.2, -0.15) is 0 Å². The number of benzene rings is 1. The van der Waals surface area contributed by atoms with E-state index in [4.69, 9.17) is 6.58 Å². The molecule has 59 valence electrons. The summed E-state index contributed by atoms with van der Waals surface area (Å²) in [6.07, 6.45) is 6.07. The Kier molecular flexibility index (Phi) is 1.83. The van der Waals surface area contributed by atoms with Crippen LogP contribution in [0, 0.1) is 6.58 Å². The second-order valence-electron chi connectivity index (χ2n) is 3.08. The predicted molar refractivity (Wildman–Crippen MR) is 51.6 cm³/mol. The van der Waals surface area contributed by atoms with E-state index < -0.39 is 0 Å². The summed E-state index contributed by atoms with van der Waals surface area (Å²) in [5.74, 6) is 0. The van der Waals surface area contributed by atoms with Crippen LogP contribution in [0.1, 0.15) is 17.5 Å². The second kappa shape index (κ2) is 2.98. The Bertz CT molecular complexity index is 332. The van der Waals surface area contributed by atoms with E-state index in [1.807, 2.05) is 0 Å². The molecule has 0 saturated heterocycles. The third-order valence-corrected chi connectivity index (χ3v) is 2.29. The van der Waals surface area contributed by atoms with Crippen LogP contribution in [0.5, 0.6) is 0 Å². The SMILES string of the molecule is [CH]=CC1=Cc2ccccc2CC1. The molecular weight excluding hydrogens is 144 g/mol. The summed E-state index contributed by atoms with van der Waals surface area (Å²) in [4.78, 5) is 0. The molecule has 1 aliphatic carbocycles. The summed E-state index contributed by atoms with van der Waals surface area (Å²) >= 11 is 0. The molecule has 0 heteroatoms. The molecule has 0 atom stereocenters. The molecule has 0 N–H and O–H groups in total. The van der Waals surface area contributed by atoms with E-state index in [-0.39, 0.29) is 0 Å². The van der Waals surface area contributed by atoms with Gasteiger partial charge in [0, 0.05) is 0 Å². The maximum Gasteiger partial charge on any atom is -0.0222 e. The highest BCUT2D eigenvalue weighted by atomic mass is 14.1. The van der Waals surface area contributed by atoms with Crippen LogP contribution in [0.25, 0.3) is 6.08 Å². The van der Waals surface area contributed by atoms with E-state index in [0.717, 1.165) is 12.8 Å². The quantitative estimate of drug-likeness (QED) is 0.584. The van der Waals surface area contributed by atoms with Gasteiger partial charge < -0.3 is 0 Å². The van der Waals surface area contributed by atoms with Gasteiger partial charge in [-0.25, -0.2) is 0 Å². The molecule has 0 amide bonds. The molecule has 0 spiro atoms. The van der Waals surface area contributed by atoms with Gasteiger partial charge in [-0.15, -0.1) is 0 Å². The van der Waals surface area contributed by atoms with Gasteiger partial charge in [0.2, 0.25) is 0 Å². The average molecular weight is 155 g/mol. The number of rotatable bonds is 1. The first-order valence-corrected chi connectivity index (χ1v) is 4.23. The molecule has 2 rings (SSSR count). The van der Waals surface area contributed by atoms with Crippen molar-refractivity contribution in [1.29, 1.82) is 0 Å². The van der Waals surface area contributed by atoms with Crippen molar-refractivity contribution in [3.8, 4) is 0 Å². The molecule has 0 fully saturated rings. The van der Waals surface area contributed by atoms with Crippen LogP contribution in [0.2, 0.25) is 0 Å². The Balaban J connectivity index is 2.47. The number of fused-ring (bicyclic) bond motifs is 1. The minimum atomic E-state index is 1.08. The largest absolute Gasteiger partial charge is 0.0620 e. The van der Waals surface area contributed by atoms with Crippen molar-refractivity contribution in [2.75, 3.05) is 0 Å². The molecule has 0 aromatic heterocycles. The van der Waals surface area contributed by atoms with Crippen LogP contribution in [0.3, 0.4) is 0 Å². The maximum absolute atomic E-state index is 5.47. The summed E-state index contributed by atoms with van der Waals surface area (Å²) in [7, 11) is 0. The average Bonchev–Trinajstić information content (AvgIpc) is 2.17.